The number of hydrogen-bond donors (Lipinski definition) is 1. The van der Waals surface area contributed by atoms with Gasteiger partial charge in [-0.15, -0.1) is 0 Å². The third-order valence-electron chi connectivity index (χ3n) is 3.00. The summed E-state index contributed by atoms with van der Waals surface area (Å²) in [5, 5.41) is 3.24. The van der Waals surface area contributed by atoms with Gasteiger partial charge in [-0.05, 0) is 51.4 Å². The van der Waals surface area contributed by atoms with Gasteiger partial charge in [0.2, 0.25) is 0 Å². The minimum Gasteiger partial charge on any atom is -0.319 e. The molecule has 0 spiro atoms. The molecule has 0 aromatic carbocycles. The van der Waals surface area contributed by atoms with Gasteiger partial charge in [-0.25, -0.2) is 0 Å². The van der Waals surface area contributed by atoms with Crippen molar-refractivity contribution >= 4 is 0 Å². The zero-order chi connectivity index (χ0) is 9.68. The van der Waals surface area contributed by atoms with Crippen molar-refractivity contribution < 1.29 is 0 Å². The average Bonchev–Trinajstić information content (AvgIpc) is 2.09. The standard InChI is InChI=1S/C11H24N2/c1-10-4-6-13(7-5-10)9-11(2)8-12-3/h10-12H,4-9H2,1-3H3. The van der Waals surface area contributed by atoms with Gasteiger partial charge in [-0.1, -0.05) is 13.8 Å². The van der Waals surface area contributed by atoms with Crippen LogP contribution in [0.25, 0.3) is 0 Å². The van der Waals surface area contributed by atoms with Crippen molar-refractivity contribution in [3.8, 4) is 0 Å². The normalized spacial score (nSPS) is 23.3. The number of nitrogens with one attached hydrogen (secondary N) is 1. The molecule has 1 aliphatic rings. The van der Waals surface area contributed by atoms with Gasteiger partial charge >= 0.3 is 0 Å². The Bertz CT molecular complexity index is 128. The van der Waals surface area contributed by atoms with E-state index < -0.39 is 0 Å². The van der Waals surface area contributed by atoms with Crippen molar-refractivity contribution in [2.75, 3.05) is 33.2 Å². The molecule has 78 valence electrons. The Kier molecular flexibility index (Phi) is 4.74. The second kappa shape index (κ2) is 5.61. The topological polar surface area (TPSA) is 15.3 Å². The van der Waals surface area contributed by atoms with Crippen LogP contribution in [0.2, 0.25) is 0 Å². The monoisotopic (exact) mass is 184 g/mol. The second-order valence-corrected chi connectivity index (χ2v) is 4.65. The van der Waals surface area contributed by atoms with E-state index in [9.17, 15) is 0 Å². The van der Waals surface area contributed by atoms with E-state index in [1.54, 1.807) is 0 Å². The summed E-state index contributed by atoms with van der Waals surface area (Å²) < 4.78 is 0. The lowest BCUT2D eigenvalue weighted by Gasteiger charge is -2.32. The first-order valence-electron chi connectivity index (χ1n) is 5.59. The molecule has 1 saturated heterocycles. The van der Waals surface area contributed by atoms with E-state index in [0.717, 1.165) is 18.4 Å². The highest BCUT2D eigenvalue weighted by molar-refractivity contribution is 4.71. The maximum Gasteiger partial charge on any atom is 0.00191 e. The van der Waals surface area contributed by atoms with Crippen molar-refractivity contribution in [3.63, 3.8) is 0 Å². The zero-order valence-corrected chi connectivity index (χ0v) is 9.34. The first-order chi connectivity index (χ1) is 6.22. The van der Waals surface area contributed by atoms with Crippen LogP contribution in [0.15, 0.2) is 0 Å². The molecule has 0 aromatic heterocycles. The van der Waals surface area contributed by atoms with Gasteiger partial charge in [0.15, 0.2) is 0 Å². The molecule has 2 heteroatoms. The number of hydrogen-bond acceptors (Lipinski definition) is 2. The summed E-state index contributed by atoms with van der Waals surface area (Å²) in [4.78, 5) is 2.61. The van der Waals surface area contributed by atoms with Gasteiger partial charge < -0.3 is 10.2 Å². The summed E-state index contributed by atoms with van der Waals surface area (Å²) in [7, 11) is 2.04. The van der Waals surface area contributed by atoms with Gasteiger partial charge in [0.25, 0.3) is 0 Å². The molecule has 0 bridgehead atoms. The van der Waals surface area contributed by atoms with E-state index in [2.05, 4.69) is 24.1 Å². The molecule has 0 radical (unpaired) electrons. The van der Waals surface area contributed by atoms with E-state index in [4.69, 9.17) is 0 Å². The molecule has 1 atom stereocenters. The van der Waals surface area contributed by atoms with Gasteiger partial charge in [0, 0.05) is 6.54 Å². The van der Waals surface area contributed by atoms with Crippen molar-refractivity contribution in [1.29, 1.82) is 0 Å². The van der Waals surface area contributed by atoms with Crippen molar-refractivity contribution in [3.05, 3.63) is 0 Å². The summed E-state index contributed by atoms with van der Waals surface area (Å²) >= 11 is 0. The van der Waals surface area contributed by atoms with Crippen LogP contribution >= 0.6 is 0 Å². The smallest absolute Gasteiger partial charge is 0.00191 e. The predicted molar refractivity (Wildman–Crippen MR) is 57.9 cm³/mol. The van der Waals surface area contributed by atoms with Crippen molar-refractivity contribution in [2.45, 2.75) is 26.7 Å². The van der Waals surface area contributed by atoms with Crippen LogP contribution in [0.5, 0.6) is 0 Å². The third kappa shape index (κ3) is 4.10. The molecule has 0 saturated carbocycles. The molecule has 0 aromatic rings. The highest BCUT2D eigenvalue weighted by Crippen LogP contribution is 2.16. The van der Waals surface area contributed by atoms with Crippen molar-refractivity contribution in [1.82, 2.24) is 10.2 Å². The lowest BCUT2D eigenvalue weighted by molar-refractivity contribution is 0.170. The summed E-state index contributed by atoms with van der Waals surface area (Å²) in [5.74, 6) is 1.74. The van der Waals surface area contributed by atoms with Crippen LogP contribution in [0, 0.1) is 11.8 Å². The Morgan fingerprint density at radius 3 is 2.54 bits per heavy atom. The van der Waals surface area contributed by atoms with Crippen LogP contribution in [0.4, 0.5) is 0 Å². The maximum absolute atomic E-state index is 3.24. The highest BCUT2D eigenvalue weighted by atomic mass is 15.1. The first kappa shape index (κ1) is 11.0. The minimum absolute atomic E-state index is 0.790. The molecule has 1 unspecified atom stereocenters. The molecule has 0 amide bonds. The Morgan fingerprint density at radius 1 is 1.38 bits per heavy atom. The van der Waals surface area contributed by atoms with E-state index in [-0.39, 0.29) is 0 Å². The fraction of sp³-hybridized carbons (Fsp3) is 1.00. The average molecular weight is 184 g/mol. The lowest BCUT2D eigenvalue weighted by atomic mass is 9.98. The molecular weight excluding hydrogens is 160 g/mol. The molecule has 1 heterocycles. The number of likely N-dealkylation sites (tertiary alicyclic amines) is 1. The molecule has 13 heavy (non-hydrogen) atoms. The predicted octanol–water partition coefficient (Wildman–Crippen LogP) is 1.57. The fourth-order valence-corrected chi connectivity index (χ4v) is 2.10. The van der Waals surface area contributed by atoms with Gasteiger partial charge in [-0.2, -0.15) is 0 Å². The van der Waals surface area contributed by atoms with Crippen LogP contribution in [-0.2, 0) is 0 Å². The maximum atomic E-state index is 3.24. The van der Waals surface area contributed by atoms with Crippen LogP contribution < -0.4 is 5.32 Å². The molecule has 1 N–H and O–H groups in total. The Hall–Kier alpha value is -0.0800. The van der Waals surface area contributed by atoms with Crippen molar-refractivity contribution in [2.24, 2.45) is 11.8 Å². The van der Waals surface area contributed by atoms with Crippen LogP contribution in [-0.4, -0.2) is 38.1 Å². The third-order valence-corrected chi connectivity index (χ3v) is 3.00. The van der Waals surface area contributed by atoms with E-state index >= 15 is 0 Å². The quantitative estimate of drug-likeness (QED) is 0.713. The summed E-state index contributed by atoms with van der Waals surface area (Å²) in [6, 6.07) is 0. The van der Waals surface area contributed by atoms with Gasteiger partial charge in [0.05, 0.1) is 0 Å². The van der Waals surface area contributed by atoms with Crippen LogP contribution in [0.3, 0.4) is 0 Å². The van der Waals surface area contributed by atoms with E-state index in [1.165, 1.54) is 32.5 Å². The molecular formula is C11H24N2. The van der Waals surface area contributed by atoms with E-state index in [0.29, 0.717) is 0 Å². The number of nitrogens with zero attached hydrogens (tertiary/aromatic N) is 1. The molecule has 0 aliphatic carbocycles. The first-order valence-corrected chi connectivity index (χ1v) is 5.59. The largest absolute Gasteiger partial charge is 0.319 e. The zero-order valence-electron chi connectivity index (χ0n) is 9.34. The van der Waals surface area contributed by atoms with Gasteiger partial charge in [0.1, 0.15) is 0 Å². The minimum atomic E-state index is 0.790. The van der Waals surface area contributed by atoms with Crippen LogP contribution in [0.1, 0.15) is 26.7 Å². The Labute approximate surface area is 82.7 Å². The Morgan fingerprint density at radius 2 is 2.00 bits per heavy atom. The summed E-state index contributed by atoms with van der Waals surface area (Å²) in [6.07, 6.45) is 2.79. The summed E-state index contributed by atoms with van der Waals surface area (Å²) in [6.45, 7) is 9.74. The number of piperidine rings is 1. The highest BCUT2D eigenvalue weighted by Gasteiger charge is 2.16. The second-order valence-electron chi connectivity index (χ2n) is 4.65. The van der Waals surface area contributed by atoms with E-state index in [1.807, 2.05) is 7.05 Å². The SMILES string of the molecule is CNCC(C)CN1CCC(C)CC1. The molecule has 1 fully saturated rings. The summed E-state index contributed by atoms with van der Waals surface area (Å²) in [5.41, 5.74) is 0. The fourth-order valence-electron chi connectivity index (χ4n) is 2.10. The number of rotatable bonds is 4. The molecule has 2 nitrogen and oxygen atoms in total. The molecule has 1 rings (SSSR count). The van der Waals surface area contributed by atoms with Gasteiger partial charge in [-0.3, -0.25) is 0 Å². The Balaban J connectivity index is 2.14. The molecule has 1 aliphatic heterocycles. The lowest BCUT2D eigenvalue weighted by Crippen LogP contribution is -2.38.